The molecule has 2 rings (SSSR count). The van der Waals surface area contributed by atoms with Gasteiger partial charge in [-0.2, -0.15) is 15.0 Å². The molecule has 0 aliphatic heterocycles. The van der Waals surface area contributed by atoms with Crippen LogP contribution in [0.3, 0.4) is 0 Å². The monoisotopic (exact) mass is 287 g/mol. The van der Waals surface area contributed by atoms with E-state index in [9.17, 15) is 0 Å². The van der Waals surface area contributed by atoms with Crippen molar-refractivity contribution in [3.63, 3.8) is 0 Å². The van der Waals surface area contributed by atoms with Crippen molar-refractivity contribution in [2.24, 2.45) is 0 Å². The Hall–Kier alpha value is -2.37. The van der Waals surface area contributed by atoms with Crippen LogP contribution in [-0.4, -0.2) is 28.1 Å². The molecule has 0 saturated heterocycles. The van der Waals surface area contributed by atoms with E-state index in [1.807, 2.05) is 26.0 Å². The number of hydrogen-bond acceptors (Lipinski definition) is 6. The maximum Gasteiger partial charge on any atom is 0.323 e. The lowest BCUT2D eigenvalue weighted by Crippen LogP contribution is -2.13. The molecule has 1 aromatic carbocycles. The fourth-order valence-electron chi connectivity index (χ4n) is 1.79. The number of aromatic nitrogens is 3. The Kier molecular flexibility index (Phi) is 4.92. The summed E-state index contributed by atoms with van der Waals surface area (Å²) in [7, 11) is 1.76. The summed E-state index contributed by atoms with van der Waals surface area (Å²) in [6, 6.07) is 8.51. The Morgan fingerprint density at radius 1 is 1.10 bits per heavy atom. The molecule has 0 amide bonds. The Morgan fingerprint density at radius 3 is 2.48 bits per heavy atom. The second-order valence-corrected chi connectivity index (χ2v) is 4.96. The summed E-state index contributed by atoms with van der Waals surface area (Å²) < 4.78 is 5.53. The predicted octanol–water partition coefficient (Wildman–Crippen LogP) is 2.62. The number of benzene rings is 1. The van der Waals surface area contributed by atoms with Crippen molar-refractivity contribution in [2.45, 2.75) is 33.4 Å². The van der Waals surface area contributed by atoms with Gasteiger partial charge in [-0.3, -0.25) is 0 Å². The van der Waals surface area contributed by atoms with E-state index in [1.54, 1.807) is 7.05 Å². The Labute approximate surface area is 125 Å². The fourth-order valence-corrected chi connectivity index (χ4v) is 1.79. The number of hydrogen-bond donors (Lipinski definition) is 2. The van der Waals surface area contributed by atoms with Crippen molar-refractivity contribution in [3.05, 3.63) is 35.4 Å². The number of rotatable bonds is 6. The van der Waals surface area contributed by atoms with E-state index in [-0.39, 0.29) is 6.10 Å². The van der Waals surface area contributed by atoms with E-state index in [2.05, 4.69) is 44.6 Å². The van der Waals surface area contributed by atoms with Crippen molar-refractivity contribution in [1.29, 1.82) is 0 Å². The molecule has 0 atom stereocenters. The van der Waals surface area contributed by atoms with Crippen LogP contribution in [0, 0.1) is 6.92 Å². The average molecular weight is 287 g/mol. The molecule has 0 spiro atoms. The van der Waals surface area contributed by atoms with Crippen LogP contribution in [0.15, 0.2) is 24.3 Å². The first-order valence-electron chi connectivity index (χ1n) is 6.97. The standard InChI is InChI=1S/C15H21N5O/c1-10(2)21-15-19-13(16-4)18-14(20-15)17-9-12-8-6-5-7-11(12)3/h5-8,10H,9H2,1-4H3,(H2,16,17,18,19,20). The third-order valence-corrected chi connectivity index (χ3v) is 2.88. The first kappa shape index (κ1) is 15.0. The minimum atomic E-state index is 0.0151. The minimum Gasteiger partial charge on any atom is -0.461 e. The zero-order valence-corrected chi connectivity index (χ0v) is 12.8. The lowest BCUT2D eigenvalue weighted by atomic mass is 10.1. The van der Waals surface area contributed by atoms with E-state index in [0.717, 1.165) is 0 Å². The van der Waals surface area contributed by atoms with Gasteiger partial charge in [-0.25, -0.2) is 0 Å². The van der Waals surface area contributed by atoms with Crippen LogP contribution in [0.25, 0.3) is 0 Å². The Balaban J connectivity index is 2.13. The van der Waals surface area contributed by atoms with Gasteiger partial charge in [-0.1, -0.05) is 24.3 Å². The molecule has 0 fully saturated rings. The van der Waals surface area contributed by atoms with Crippen LogP contribution in [-0.2, 0) is 6.54 Å². The van der Waals surface area contributed by atoms with E-state index in [4.69, 9.17) is 4.74 Å². The van der Waals surface area contributed by atoms with Gasteiger partial charge in [0.15, 0.2) is 0 Å². The van der Waals surface area contributed by atoms with Gasteiger partial charge in [-0.05, 0) is 31.9 Å². The van der Waals surface area contributed by atoms with Crippen molar-refractivity contribution in [3.8, 4) is 6.01 Å². The second kappa shape index (κ2) is 6.88. The molecular formula is C15H21N5O. The van der Waals surface area contributed by atoms with Crippen LogP contribution in [0.5, 0.6) is 6.01 Å². The second-order valence-electron chi connectivity index (χ2n) is 4.96. The van der Waals surface area contributed by atoms with Crippen LogP contribution in [0.1, 0.15) is 25.0 Å². The summed E-state index contributed by atoms with van der Waals surface area (Å²) >= 11 is 0. The van der Waals surface area contributed by atoms with Gasteiger partial charge in [0.2, 0.25) is 11.9 Å². The summed E-state index contributed by atoms with van der Waals surface area (Å²) in [5.41, 5.74) is 2.43. The SMILES string of the molecule is CNc1nc(NCc2ccccc2C)nc(OC(C)C)n1. The van der Waals surface area contributed by atoms with Crippen LogP contribution in [0.4, 0.5) is 11.9 Å². The molecule has 0 saturated carbocycles. The van der Waals surface area contributed by atoms with Gasteiger partial charge in [0, 0.05) is 13.6 Å². The van der Waals surface area contributed by atoms with Crippen molar-refractivity contribution < 1.29 is 4.74 Å². The van der Waals surface area contributed by atoms with Crippen molar-refractivity contribution in [2.75, 3.05) is 17.7 Å². The highest BCUT2D eigenvalue weighted by Gasteiger charge is 2.08. The number of nitrogens with zero attached hydrogens (tertiary/aromatic N) is 3. The Morgan fingerprint density at radius 2 is 1.81 bits per heavy atom. The molecule has 1 aromatic heterocycles. The summed E-state index contributed by atoms with van der Waals surface area (Å²) in [6.07, 6.45) is 0.0151. The molecule has 0 radical (unpaired) electrons. The molecule has 2 aromatic rings. The molecule has 1 heterocycles. The van der Waals surface area contributed by atoms with Crippen LogP contribution < -0.4 is 15.4 Å². The molecule has 0 unspecified atom stereocenters. The lowest BCUT2D eigenvalue weighted by Gasteiger charge is -2.12. The maximum atomic E-state index is 5.53. The molecule has 2 N–H and O–H groups in total. The third kappa shape index (κ3) is 4.30. The molecule has 0 bridgehead atoms. The number of nitrogens with one attached hydrogen (secondary N) is 2. The highest BCUT2D eigenvalue weighted by molar-refractivity contribution is 5.37. The lowest BCUT2D eigenvalue weighted by molar-refractivity contribution is 0.222. The highest BCUT2D eigenvalue weighted by Crippen LogP contribution is 2.14. The summed E-state index contributed by atoms with van der Waals surface area (Å²) in [6.45, 7) is 6.60. The largest absolute Gasteiger partial charge is 0.461 e. The molecular weight excluding hydrogens is 266 g/mol. The van der Waals surface area contributed by atoms with Crippen LogP contribution >= 0.6 is 0 Å². The highest BCUT2D eigenvalue weighted by atomic mass is 16.5. The average Bonchev–Trinajstić information content (AvgIpc) is 2.45. The van der Waals surface area contributed by atoms with Gasteiger partial charge in [0.25, 0.3) is 0 Å². The molecule has 6 nitrogen and oxygen atoms in total. The topological polar surface area (TPSA) is 72.0 Å². The van der Waals surface area contributed by atoms with Gasteiger partial charge in [0.05, 0.1) is 6.10 Å². The number of anilines is 2. The predicted molar refractivity (Wildman–Crippen MR) is 83.6 cm³/mol. The van der Waals surface area contributed by atoms with E-state index < -0.39 is 0 Å². The van der Waals surface area contributed by atoms with Gasteiger partial charge in [-0.15, -0.1) is 0 Å². The zero-order valence-electron chi connectivity index (χ0n) is 12.8. The quantitative estimate of drug-likeness (QED) is 0.851. The Bertz CT molecular complexity index is 600. The summed E-state index contributed by atoms with van der Waals surface area (Å²) in [5, 5.41) is 6.12. The van der Waals surface area contributed by atoms with Gasteiger partial charge < -0.3 is 15.4 Å². The van der Waals surface area contributed by atoms with E-state index in [0.29, 0.717) is 24.5 Å². The van der Waals surface area contributed by atoms with Crippen molar-refractivity contribution in [1.82, 2.24) is 15.0 Å². The molecule has 0 aliphatic carbocycles. The minimum absolute atomic E-state index is 0.0151. The van der Waals surface area contributed by atoms with Gasteiger partial charge >= 0.3 is 6.01 Å². The van der Waals surface area contributed by atoms with Crippen LogP contribution in [0.2, 0.25) is 0 Å². The maximum absolute atomic E-state index is 5.53. The van der Waals surface area contributed by atoms with E-state index in [1.165, 1.54) is 11.1 Å². The fraction of sp³-hybridized carbons (Fsp3) is 0.400. The van der Waals surface area contributed by atoms with Crippen molar-refractivity contribution >= 4 is 11.9 Å². The number of aryl methyl sites for hydroxylation is 1. The summed E-state index contributed by atoms with van der Waals surface area (Å²) in [5.74, 6) is 0.973. The molecule has 6 heteroatoms. The zero-order chi connectivity index (χ0) is 15.2. The smallest absolute Gasteiger partial charge is 0.323 e. The van der Waals surface area contributed by atoms with E-state index >= 15 is 0 Å². The number of ether oxygens (including phenoxy) is 1. The first-order chi connectivity index (χ1) is 10.1. The normalized spacial score (nSPS) is 10.5. The molecule has 112 valence electrons. The third-order valence-electron chi connectivity index (χ3n) is 2.88. The molecule has 0 aliphatic rings. The molecule has 21 heavy (non-hydrogen) atoms. The summed E-state index contributed by atoms with van der Waals surface area (Å²) in [4.78, 5) is 12.7. The first-order valence-corrected chi connectivity index (χ1v) is 6.97. The van der Waals surface area contributed by atoms with Gasteiger partial charge in [0.1, 0.15) is 0 Å².